The number of hydrogen-bond donors (Lipinski definition) is 2. The summed E-state index contributed by atoms with van der Waals surface area (Å²) in [6.07, 6.45) is 11.1. The Morgan fingerprint density at radius 3 is 1.23 bits per heavy atom. The number of non-ortho nitro benzene ring substituents is 2. The zero-order chi connectivity index (χ0) is 34.7. The summed E-state index contributed by atoms with van der Waals surface area (Å²) < 4.78 is 1.42. The smallest absolute Gasteiger partial charge is 0.271 e. The van der Waals surface area contributed by atoms with E-state index >= 15 is 0 Å². The van der Waals surface area contributed by atoms with E-state index in [1.165, 1.54) is 155 Å². The van der Waals surface area contributed by atoms with Crippen molar-refractivity contribution >= 4 is 34.6 Å². The van der Waals surface area contributed by atoms with Crippen molar-refractivity contribution in [1.29, 1.82) is 0 Å². The molecule has 0 saturated heterocycles. The summed E-state index contributed by atoms with van der Waals surface area (Å²) in [5.74, 6) is -1.11. The number of anilines is 2. The SMILES string of the molecule is CCCC[N+](CCCC)(CCCC)CCCC.O=C(Nc1cccc([N+](=O)[O-])c1)c1cccc(C(=O)Nc2cccc([N+](=O)[O-])c2)c1.[Cl-]. The standard InChI is InChI=1S/C20H14N4O6.C16H36N.ClH/c25-19(21-15-6-2-8-17(11-15)23(27)28)13-4-1-5-14(10-13)20(26)22-16-7-3-9-18(12-16)24(29)30;1-5-9-13-17(14-10-6-2,15-11-7-3)16-12-8-4;/h1-12H,(H,21,25)(H,22,26);5-16H2,1-4H3;1H/q;+1;/p-1. The normalized spacial score (nSPS) is 10.6. The molecule has 2 amide bonds. The molecule has 0 aliphatic carbocycles. The molecule has 0 heterocycles. The van der Waals surface area contributed by atoms with Gasteiger partial charge in [-0.2, -0.15) is 0 Å². The van der Waals surface area contributed by atoms with Gasteiger partial charge in [0.05, 0.1) is 36.0 Å². The molecule has 0 aliphatic rings. The molecule has 3 rings (SSSR count). The number of rotatable bonds is 18. The monoisotopic (exact) mass is 683 g/mol. The van der Waals surface area contributed by atoms with Gasteiger partial charge in [-0.3, -0.25) is 29.8 Å². The number of nitrogens with one attached hydrogen (secondary N) is 2. The van der Waals surface area contributed by atoms with Crippen LogP contribution < -0.4 is 23.0 Å². The Labute approximate surface area is 290 Å². The van der Waals surface area contributed by atoms with E-state index in [4.69, 9.17) is 0 Å². The molecule has 2 N–H and O–H groups in total. The maximum Gasteiger partial charge on any atom is 0.271 e. The molecule has 0 fully saturated rings. The second kappa shape index (κ2) is 22.3. The van der Waals surface area contributed by atoms with Gasteiger partial charge in [0.1, 0.15) is 0 Å². The van der Waals surface area contributed by atoms with Crippen molar-refractivity contribution in [2.24, 2.45) is 0 Å². The Balaban J connectivity index is 0.000000551. The average molecular weight is 684 g/mol. The highest BCUT2D eigenvalue weighted by molar-refractivity contribution is 6.08. The van der Waals surface area contributed by atoms with Crippen LogP contribution in [-0.2, 0) is 0 Å². The van der Waals surface area contributed by atoms with E-state index in [2.05, 4.69) is 38.3 Å². The van der Waals surface area contributed by atoms with Crippen molar-refractivity contribution in [3.63, 3.8) is 0 Å². The third kappa shape index (κ3) is 14.2. The van der Waals surface area contributed by atoms with Crippen molar-refractivity contribution in [3.05, 3.63) is 104 Å². The average Bonchev–Trinajstić information content (AvgIpc) is 3.08. The van der Waals surface area contributed by atoms with Crippen molar-refractivity contribution in [1.82, 2.24) is 0 Å². The molecule has 262 valence electrons. The number of amides is 2. The van der Waals surface area contributed by atoms with Crippen LogP contribution in [-0.4, -0.2) is 52.3 Å². The first kappa shape index (κ1) is 41.7. The lowest BCUT2D eigenvalue weighted by Crippen LogP contribution is -3.00. The van der Waals surface area contributed by atoms with Gasteiger partial charge in [0.15, 0.2) is 0 Å². The van der Waals surface area contributed by atoms with Crippen LogP contribution in [0.25, 0.3) is 0 Å². The molecule has 48 heavy (non-hydrogen) atoms. The van der Waals surface area contributed by atoms with Crippen LogP contribution in [0, 0.1) is 20.2 Å². The van der Waals surface area contributed by atoms with Crippen molar-refractivity contribution in [2.75, 3.05) is 36.8 Å². The van der Waals surface area contributed by atoms with Gasteiger partial charge in [-0.05, 0) is 56.0 Å². The Morgan fingerprint density at radius 2 is 0.917 bits per heavy atom. The van der Waals surface area contributed by atoms with Crippen molar-refractivity contribution in [2.45, 2.75) is 79.1 Å². The highest BCUT2D eigenvalue weighted by Crippen LogP contribution is 2.20. The lowest BCUT2D eigenvalue weighted by atomic mass is 10.1. The minimum Gasteiger partial charge on any atom is -1.00 e. The predicted molar refractivity (Wildman–Crippen MR) is 188 cm³/mol. The van der Waals surface area contributed by atoms with Gasteiger partial charge in [0.25, 0.3) is 23.2 Å². The first-order chi connectivity index (χ1) is 22.6. The summed E-state index contributed by atoms with van der Waals surface area (Å²) >= 11 is 0. The molecule has 0 unspecified atom stereocenters. The van der Waals surface area contributed by atoms with Gasteiger partial charge in [-0.15, -0.1) is 0 Å². The molecule has 3 aromatic carbocycles. The van der Waals surface area contributed by atoms with Gasteiger partial charge >= 0.3 is 0 Å². The molecule has 0 spiro atoms. The summed E-state index contributed by atoms with van der Waals surface area (Å²) in [6, 6.07) is 16.7. The van der Waals surface area contributed by atoms with Gasteiger partial charge in [0.2, 0.25) is 0 Å². The lowest BCUT2D eigenvalue weighted by molar-refractivity contribution is -0.929. The number of nitro groups is 2. The van der Waals surface area contributed by atoms with Crippen LogP contribution in [0.5, 0.6) is 0 Å². The van der Waals surface area contributed by atoms with Crippen LogP contribution >= 0.6 is 0 Å². The summed E-state index contributed by atoms with van der Waals surface area (Å²) in [7, 11) is 0. The third-order valence-electron chi connectivity index (χ3n) is 7.96. The van der Waals surface area contributed by atoms with Crippen molar-refractivity contribution in [3.8, 4) is 0 Å². The number of benzene rings is 3. The first-order valence-electron chi connectivity index (χ1n) is 16.6. The second-order valence-electron chi connectivity index (χ2n) is 11.8. The predicted octanol–water partition coefficient (Wildman–Crippen LogP) is 6.02. The number of quaternary nitrogens is 1. The van der Waals surface area contributed by atoms with E-state index in [1.807, 2.05) is 0 Å². The lowest BCUT2D eigenvalue weighted by Gasteiger charge is -2.39. The van der Waals surface area contributed by atoms with E-state index < -0.39 is 21.7 Å². The number of nitro benzene ring substituents is 2. The summed E-state index contributed by atoms with van der Waals surface area (Å²) in [5.41, 5.74) is 0.457. The number of carbonyl (C=O) groups excluding carboxylic acids is 2. The zero-order valence-electron chi connectivity index (χ0n) is 28.6. The largest absolute Gasteiger partial charge is 1.00 e. The molecular weight excluding hydrogens is 634 g/mol. The molecule has 11 nitrogen and oxygen atoms in total. The number of hydrogen-bond acceptors (Lipinski definition) is 6. The summed E-state index contributed by atoms with van der Waals surface area (Å²) in [5, 5.41) is 26.8. The molecule has 0 atom stereocenters. The van der Waals surface area contributed by atoms with Gasteiger partial charge in [-0.25, -0.2) is 0 Å². The highest BCUT2D eigenvalue weighted by Gasteiger charge is 2.24. The Hall–Kier alpha value is -4.35. The molecule has 0 aliphatic heterocycles. The fourth-order valence-corrected chi connectivity index (χ4v) is 5.25. The summed E-state index contributed by atoms with van der Waals surface area (Å²) in [4.78, 5) is 45.5. The molecule has 0 radical (unpaired) electrons. The molecule has 3 aromatic rings. The second-order valence-corrected chi connectivity index (χ2v) is 11.8. The third-order valence-corrected chi connectivity index (χ3v) is 7.96. The van der Waals surface area contributed by atoms with E-state index in [9.17, 15) is 29.8 Å². The van der Waals surface area contributed by atoms with Crippen LogP contribution in [0.15, 0.2) is 72.8 Å². The maximum absolute atomic E-state index is 12.5. The first-order valence-corrected chi connectivity index (χ1v) is 16.6. The van der Waals surface area contributed by atoms with Crippen LogP contribution in [0.3, 0.4) is 0 Å². The number of nitrogens with zero attached hydrogens (tertiary/aromatic N) is 3. The van der Waals surface area contributed by atoms with E-state index in [-0.39, 0.29) is 46.3 Å². The quantitative estimate of drug-likeness (QED) is 0.0954. The molecule has 0 saturated carbocycles. The van der Waals surface area contributed by atoms with Crippen LogP contribution in [0.4, 0.5) is 22.7 Å². The fraction of sp³-hybridized carbons (Fsp3) is 0.444. The molecule has 0 aromatic heterocycles. The number of unbranched alkanes of at least 4 members (excludes halogenated alkanes) is 4. The number of halogens is 1. The Morgan fingerprint density at radius 1 is 0.583 bits per heavy atom. The number of carbonyl (C=O) groups is 2. The van der Waals surface area contributed by atoms with E-state index in [0.717, 1.165) is 0 Å². The fourth-order valence-electron chi connectivity index (χ4n) is 5.25. The molecule has 0 bridgehead atoms. The van der Waals surface area contributed by atoms with Gasteiger partial charge < -0.3 is 27.5 Å². The molecule has 12 heteroatoms. The topological polar surface area (TPSA) is 144 Å². The van der Waals surface area contributed by atoms with Crippen LogP contribution in [0.2, 0.25) is 0 Å². The van der Waals surface area contributed by atoms with Crippen LogP contribution in [0.1, 0.15) is 99.8 Å². The van der Waals surface area contributed by atoms with Gasteiger partial charge in [-0.1, -0.05) is 71.6 Å². The Bertz CT molecular complexity index is 1340. The highest BCUT2D eigenvalue weighted by atomic mass is 35.5. The maximum atomic E-state index is 12.5. The summed E-state index contributed by atoms with van der Waals surface area (Å²) in [6.45, 7) is 15.0. The van der Waals surface area contributed by atoms with Gasteiger partial charge in [0, 0.05) is 46.8 Å². The van der Waals surface area contributed by atoms with Crippen molar-refractivity contribution < 1.29 is 36.3 Å². The molecular formula is C36H50ClN5O6. The minimum atomic E-state index is -0.575. The Kier molecular flexibility index (Phi) is 19.3. The minimum absolute atomic E-state index is 0. The van der Waals surface area contributed by atoms with E-state index in [0.29, 0.717) is 0 Å². The van der Waals surface area contributed by atoms with E-state index in [1.54, 1.807) is 0 Å². The zero-order valence-corrected chi connectivity index (χ0v) is 29.3.